The molecule has 2 aliphatic carbocycles. The predicted octanol–water partition coefficient (Wildman–Crippen LogP) is 4.41. The Labute approximate surface area is 118 Å². The van der Waals surface area contributed by atoms with E-state index >= 15 is 0 Å². The maximum Gasteiger partial charge on any atom is 0.310 e. The van der Waals surface area contributed by atoms with E-state index in [0.29, 0.717) is 9.84 Å². The molecule has 0 radical (unpaired) electrons. The van der Waals surface area contributed by atoms with Crippen molar-refractivity contribution in [1.82, 2.24) is 0 Å². The molecule has 0 spiro atoms. The summed E-state index contributed by atoms with van der Waals surface area (Å²) in [6.07, 6.45) is 11.7. The maximum absolute atomic E-state index is 11.8. The van der Waals surface area contributed by atoms with Gasteiger partial charge in [-0.15, -0.1) is 0 Å². The third-order valence-corrected chi connectivity index (χ3v) is 6.97. The third kappa shape index (κ3) is 2.79. The van der Waals surface area contributed by atoms with Crippen LogP contribution in [0.2, 0.25) is 0 Å². The van der Waals surface area contributed by atoms with E-state index in [2.05, 4.69) is 22.6 Å². The summed E-state index contributed by atoms with van der Waals surface area (Å²) in [5.41, 5.74) is -0.402. The largest absolute Gasteiger partial charge is 0.481 e. The van der Waals surface area contributed by atoms with Crippen LogP contribution in [0.5, 0.6) is 0 Å². The Balaban J connectivity index is 2.11. The van der Waals surface area contributed by atoms with Crippen LogP contribution >= 0.6 is 22.6 Å². The van der Waals surface area contributed by atoms with E-state index in [1.165, 1.54) is 38.5 Å². The monoisotopic (exact) mass is 350 g/mol. The summed E-state index contributed by atoms with van der Waals surface area (Å²) in [4.78, 5) is 11.8. The molecule has 0 saturated heterocycles. The van der Waals surface area contributed by atoms with E-state index < -0.39 is 11.4 Å². The average Bonchev–Trinajstić information content (AvgIpc) is 2.39. The van der Waals surface area contributed by atoms with Crippen LogP contribution < -0.4 is 0 Å². The summed E-state index contributed by atoms with van der Waals surface area (Å²) in [5.74, 6) is 0.126. The first kappa shape index (κ1) is 13.6. The van der Waals surface area contributed by atoms with Gasteiger partial charge in [0.1, 0.15) is 0 Å². The molecule has 3 heteroatoms. The molecule has 2 nitrogen and oxygen atoms in total. The molecular formula is C14H23IO2. The first-order valence-corrected chi connectivity index (χ1v) is 8.29. The molecule has 2 fully saturated rings. The maximum atomic E-state index is 11.8. The number of hydrogen-bond donors (Lipinski definition) is 1. The molecular weight excluding hydrogens is 327 g/mol. The highest BCUT2D eigenvalue weighted by atomic mass is 127. The van der Waals surface area contributed by atoms with E-state index in [0.717, 1.165) is 25.7 Å². The summed E-state index contributed by atoms with van der Waals surface area (Å²) in [5, 5.41) is 9.69. The Morgan fingerprint density at radius 3 is 2.12 bits per heavy atom. The zero-order chi connectivity index (χ0) is 12.3. The molecule has 98 valence electrons. The molecule has 2 aliphatic rings. The number of carboxylic acid groups (broad SMARTS) is 1. The fourth-order valence-electron chi connectivity index (χ4n) is 3.67. The second kappa shape index (κ2) is 5.89. The minimum atomic E-state index is -0.526. The molecule has 0 heterocycles. The second-order valence-electron chi connectivity index (χ2n) is 5.82. The lowest BCUT2D eigenvalue weighted by Gasteiger charge is -2.42. The van der Waals surface area contributed by atoms with Gasteiger partial charge in [-0.3, -0.25) is 4.79 Å². The van der Waals surface area contributed by atoms with Crippen molar-refractivity contribution in [2.75, 3.05) is 0 Å². The molecule has 2 saturated carbocycles. The number of alkyl halides is 1. The molecule has 0 amide bonds. The summed E-state index contributed by atoms with van der Waals surface area (Å²) < 4.78 is 0.346. The van der Waals surface area contributed by atoms with Gasteiger partial charge in [0.15, 0.2) is 0 Å². The van der Waals surface area contributed by atoms with Crippen LogP contribution in [0.3, 0.4) is 0 Å². The predicted molar refractivity (Wildman–Crippen MR) is 77.5 cm³/mol. The van der Waals surface area contributed by atoms with Crippen molar-refractivity contribution in [3.8, 4) is 0 Å². The first-order valence-electron chi connectivity index (χ1n) is 7.04. The van der Waals surface area contributed by atoms with Crippen molar-refractivity contribution in [3.05, 3.63) is 0 Å². The molecule has 0 aromatic heterocycles. The number of hydrogen-bond acceptors (Lipinski definition) is 1. The van der Waals surface area contributed by atoms with Gasteiger partial charge < -0.3 is 5.11 Å². The van der Waals surface area contributed by atoms with Crippen molar-refractivity contribution in [2.24, 2.45) is 11.3 Å². The highest BCUT2D eigenvalue weighted by molar-refractivity contribution is 14.1. The van der Waals surface area contributed by atoms with Gasteiger partial charge in [-0.25, -0.2) is 0 Å². The molecule has 0 aromatic carbocycles. The Bertz CT molecular complexity index is 265. The van der Waals surface area contributed by atoms with Crippen molar-refractivity contribution < 1.29 is 9.90 Å². The molecule has 0 aliphatic heterocycles. The Kier molecular flexibility index (Phi) is 4.72. The molecule has 17 heavy (non-hydrogen) atoms. The van der Waals surface area contributed by atoms with E-state index in [-0.39, 0.29) is 0 Å². The highest BCUT2D eigenvalue weighted by Gasteiger charge is 2.48. The van der Waals surface area contributed by atoms with Gasteiger partial charge in [0.05, 0.1) is 5.41 Å². The van der Waals surface area contributed by atoms with Gasteiger partial charge >= 0.3 is 5.97 Å². The van der Waals surface area contributed by atoms with E-state index in [9.17, 15) is 9.90 Å². The van der Waals surface area contributed by atoms with Crippen molar-refractivity contribution in [2.45, 2.75) is 68.1 Å². The number of carboxylic acids is 1. The summed E-state index contributed by atoms with van der Waals surface area (Å²) in [7, 11) is 0. The third-order valence-electron chi connectivity index (χ3n) is 4.76. The quantitative estimate of drug-likeness (QED) is 0.605. The second-order valence-corrected chi connectivity index (χ2v) is 7.16. The standard InChI is InChI=1S/C14H23IO2/c15-12(11-7-3-1-4-8-11)14(13(16)17)9-5-2-6-10-14/h11-12H,1-10H2,(H,16,17). The van der Waals surface area contributed by atoms with Crippen LogP contribution in [0.25, 0.3) is 0 Å². The van der Waals surface area contributed by atoms with Gasteiger partial charge in [-0.1, -0.05) is 61.1 Å². The zero-order valence-corrected chi connectivity index (χ0v) is 12.6. The fourth-order valence-corrected chi connectivity index (χ4v) is 5.28. The van der Waals surface area contributed by atoms with Crippen molar-refractivity contribution >= 4 is 28.6 Å². The lowest BCUT2D eigenvalue weighted by molar-refractivity contribution is -0.151. The molecule has 2 rings (SSSR count). The van der Waals surface area contributed by atoms with Gasteiger partial charge in [0.25, 0.3) is 0 Å². The summed E-state index contributed by atoms with van der Waals surface area (Å²) >= 11 is 2.47. The van der Waals surface area contributed by atoms with Crippen LogP contribution in [-0.4, -0.2) is 15.0 Å². The minimum absolute atomic E-state index is 0.346. The van der Waals surface area contributed by atoms with Gasteiger partial charge in [0.2, 0.25) is 0 Å². The molecule has 1 N–H and O–H groups in total. The number of carbonyl (C=O) groups is 1. The number of aliphatic carboxylic acids is 1. The van der Waals surface area contributed by atoms with E-state index in [1.807, 2.05) is 0 Å². The zero-order valence-electron chi connectivity index (χ0n) is 10.5. The molecule has 0 aromatic rings. The van der Waals surface area contributed by atoms with Gasteiger partial charge in [-0.05, 0) is 31.6 Å². The SMILES string of the molecule is O=C(O)C1(C(I)C2CCCCC2)CCCCC1. The minimum Gasteiger partial charge on any atom is -0.481 e. The Morgan fingerprint density at radius 2 is 1.59 bits per heavy atom. The molecule has 1 atom stereocenters. The normalized spacial score (nSPS) is 27.6. The summed E-state index contributed by atoms with van der Waals surface area (Å²) in [6.45, 7) is 0. The van der Waals surface area contributed by atoms with Crippen molar-refractivity contribution in [3.63, 3.8) is 0 Å². The lowest BCUT2D eigenvalue weighted by atomic mass is 9.67. The van der Waals surface area contributed by atoms with Gasteiger partial charge in [-0.2, -0.15) is 0 Å². The van der Waals surface area contributed by atoms with Crippen LogP contribution in [0.1, 0.15) is 64.2 Å². The van der Waals surface area contributed by atoms with Crippen LogP contribution in [0, 0.1) is 11.3 Å². The summed E-state index contributed by atoms with van der Waals surface area (Å²) in [6, 6.07) is 0. The lowest BCUT2D eigenvalue weighted by Crippen LogP contribution is -2.45. The number of rotatable bonds is 3. The van der Waals surface area contributed by atoms with E-state index in [1.54, 1.807) is 0 Å². The van der Waals surface area contributed by atoms with Crippen LogP contribution in [0.15, 0.2) is 0 Å². The smallest absolute Gasteiger partial charge is 0.310 e. The highest BCUT2D eigenvalue weighted by Crippen LogP contribution is 2.48. The van der Waals surface area contributed by atoms with Gasteiger partial charge in [0, 0.05) is 3.92 Å². The van der Waals surface area contributed by atoms with Crippen LogP contribution in [0.4, 0.5) is 0 Å². The molecule has 0 bridgehead atoms. The average molecular weight is 350 g/mol. The topological polar surface area (TPSA) is 37.3 Å². The van der Waals surface area contributed by atoms with Crippen molar-refractivity contribution in [1.29, 1.82) is 0 Å². The Morgan fingerprint density at radius 1 is 1.06 bits per heavy atom. The Hall–Kier alpha value is 0.200. The molecule has 1 unspecified atom stereocenters. The fraction of sp³-hybridized carbons (Fsp3) is 0.929. The van der Waals surface area contributed by atoms with E-state index in [4.69, 9.17) is 0 Å². The number of halogens is 1. The first-order chi connectivity index (χ1) is 8.17. The van der Waals surface area contributed by atoms with Crippen LogP contribution in [-0.2, 0) is 4.79 Å².